The highest BCUT2D eigenvalue weighted by Crippen LogP contribution is 2.35. The molecule has 31 heavy (non-hydrogen) atoms. The lowest BCUT2D eigenvalue weighted by Gasteiger charge is -2.11. The maximum absolute atomic E-state index is 12.7. The van der Waals surface area contributed by atoms with E-state index in [-0.39, 0.29) is 11.5 Å². The van der Waals surface area contributed by atoms with Crippen LogP contribution in [0.2, 0.25) is 0 Å². The molecule has 0 aliphatic carbocycles. The molecule has 162 valence electrons. The molecule has 0 spiro atoms. The highest BCUT2D eigenvalue weighted by Gasteiger charge is 2.30. The molecule has 2 aromatic rings. The molecule has 0 unspecified atom stereocenters. The third kappa shape index (κ3) is 5.46. The van der Waals surface area contributed by atoms with Gasteiger partial charge in [-0.05, 0) is 66.2 Å². The minimum Gasteiger partial charge on any atom is -0.493 e. The molecule has 0 atom stereocenters. The molecule has 8 heteroatoms. The van der Waals surface area contributed by atoms with E-state index < -0.39 is 5.97 Å². The maximum Gasteiger partial charge on any atom is 0.335 e. The number of carboxylic acid groups (broad SMARTS) is 1. The molecule has 3 rings (SSSR count). The van der Waals surface area contributed by atoms with Crippen LogP contribution in [0.5, 0.6) is 11.5 Å². The Bertz CT molecular complexity index is 1030. The number of hydrogen-bond donors (Lipinski definition) is 1. The van der Waals surface area contributed by atoms with Crippen molar-refractivity contribution in [1.82, 2.24) is 4.90 Å². The van der Waals surface area contributed by atoms with Crippen molar-refractivity contribution < 1.29 is 24.2 Å². The van der Waals surface area contributed by atoms with Crippen LogP contribution in [-0.4, -0.2) is 47.8 Å². The number of amides is 1. The van der Waals surface area contributed by atoms with Gasteiger partial charge in [-0.2, -0.15) is 0 Å². The minimum atomic E-state index is -0.996. The smallest absolute Gasteiger partial charge is 0.335 e. The molecule has 1 amide bonds. The summed E-state index contributed by atoms with van der Waals surface area (Å²) in [6, 6.07) is 11.7. The first kappa shape index (κ1) is 22.4. The lowest BCUT2D eigenvalue weighted by atomic mass is 10.2. The summed E-state index contributed by atoms with van der Waals surface area (Å²) in [6.07, 6.45) is 3.80. The van der Waals surface area contributed by atoms with Crippen molar-refractivity contribution >= 4 is 40.6 Å². The zero-order chi connectivity index (χ0) is 22.4. The van der Waals surface area contributed by atoms with E-state index in [2.05, 4.69) is 11.9 Å². The zero-order valence-electron chi connectivity index (χ0n) is 17.6. The highest BCUT2D eigenvalue weighted by molar-refractivity contribution is 8.18. The fraction of sp³-hybridized carbons (Fsp3) is 0.261. The summed E-state index contributed by atoms with van der Waals surface area (Å²) in [5.74, 6) is 0.131. The number of nitrogens with zero attached hydrogens (tertiary/aromatic N) is 2. The molecule has 1 fully saturated rings. The highest BCUT2D eigenvalue weighted by atomic mass is 32.2. The monoisotopic (exact) mass is 440 g/mol. The quantitative estimate of drug-likeness (QED) is 0.468. The van der Waals surface area contributed by atoms with Crippen LogP contribution in [0.4, 0.5) is 5.69 Å². The third-order valence-corrected chi connectivity index (χ3v) is 5.64. The largest absolute Gasteiger partial charge is 0.493 e. The van der Waals surface area contributed by atoms with E-state index in [0.717, 1.165) is 18.4 Å². The van der Waals surface area contributed by atoms with Gasteiger partial charge in [0, 0.05) is 7.05 Å². The first-order valence-electron chi connectivity index (χ1n) is 9.83. The van der Waals surface area contributed by atoms with E-state index in [1.807, 2.05) is 18.2 Å². The number of amidine groups is 1. The zero-order valence-corrected chi connectivity index (χ0v) is 18.4. The number of carbonyl (C=O) groups is 2. The van der Waals surface area contributed by atoms with Gasteiger partial charge in [0.15, 0.2) is 16.7 Å². The number of methoxy groups -OCH3 is 1. The van der Waals surface area contributed by atoms with Crippen molar-refractivity contribution in [3.8, 4) is 11.5 Å². The first-order chi connectivity index (χ1) is 14.9. The number of benzene rings is 2. The fourth-order valence-corrected chi connectivity index (χ4v) is 3.80. The number of carbonyl (C=O) groups excluding carboxylic acids is 1. The third-order valence-electron chi connectivity index (χ3n) is 4.58. The second-order valence-electron chi connectivity index (χ2n) is 6.83. The van der Waals surface area contributed by atoms with Crippen LogP contribution >= 0.6 is 11.8 Å². The lowest BCUT2D eigenvalue weighted by molar-refractivity contribution is -0.121. The van der Waals surface area contributed by atoms with E-state index in [1.54, 1.807) is 32.4 Å². The van der Waals surface area contributed by atoms with Crippen LogP contribution in [0.15, 0.2) is 52.4 Å². The average molecular weight is 441 g/mol. The molecule has 0 bridgehead atoms. The van der Waals surface area contributed by atoms with Crippen LogP contribution in [0.1, 0.15) is 35.7 Å². The molecular formula is C23H24N2O5S. The summed E-state index contributed by atoms with van der Waals surface area (Å²) in [6.45, 7) is 2.73. The summed E-state index contributed by atoms with van der Waals surface area (Å²) < 4.78 is 11.2. The molecule has 2 aromatic carbocycles. The molecule has 7 nitrogen and oxygen atoms in total. The summed E-state index contributed by atoms with van der Waals surface area (Å²) in [5.41, 5.74) is 1.57. The van der Waals surface area contributed by atoms with E-state index in [1.165, 1.54) is 28.8 Å². The number of thioether (sulfide) groups is 1. The predicted molar refractivity (Wildman–Crippen MR) is 122 cm³/mol. The van der Waals surface area contributed by atoms with Crippen molar-refractivity contribution in [2.45, 2.75) is 19.8 Å². The van der Waals surface area contributed by atoms with Gasteiger partial charge < -0.3 is 14.6 Å². The molecule has 0 saturated carbocycles. The Hall–Kier alpha value is -3.26. The second-order valence-corrected chi connectivity index (χ2v) is 7.84. The standard InChI is InChI=1S/C23H24N2O5S/c1-4-5-12-30-18-11-6-15(13-19(18)29-3)14-20-21(26)25(2)23(31-20)24-17-9-7-16(8-10-17)22(27)28/h6-11,13-14H,4-5,12H2,1-3H3,(H,27,28)/b20-14-,24-23?. The van der Waals surface area contributed by atoms with Gasteiger partial charge in [0.2, 0.25) is 0 Å². The SMILES string of the molecule is CCCCOc1ccc(/C=C2\SC(=Nc3ccc(C(=O)O)cc3)N(C)C2=O)cc1OC. The normalized spacial score (nSPS) is 16.2. The van der Waals surface area contributed by atoms with Gasteiger partial charge in [0.05, 0.1) is 29.9 Å². The summed E-state index contributed by atoms with van der Waals surface area (Å²) in [4.78, 5) is 30.1. The van der Waals surface area contributed by atoms with Gasteiger partial charge in [-0.3, -0.25) is 9.69 Å². The van der Waals surface area contributed by atoms with E-state index in [0.29, 0.717) is 33.9 Å². The van der Waals surface area contributed by atoms with Crippen LogP contribution in [0, 0.1) is 0 Å². The molecule has 1 saturated heterocycles. The number of unbranched alkanes of at least 4 members (excludes halogenated alkanes) is 1. The number of rotatable bonds is 8. The van der Waals surface area contributed by atoms with Gasteiger partial charge in [0.25, 0.3) is 5.91 Å². The molecule has 1 heterocycles. The summed E-state index contributed by atoms with van der Waals surface area (Å²) in [5, 5.41) is 9.52. The topological polar surface area (TPSA) is 88.4 Å². The fourth-order valence-electron chi connectivity index (χ4n) is 2.81. The number of ether oxygens (including phenoxy) is 2. The van der Waals surface area contributed by atoms with Crippen molar-refractivity contribution in [1.29, 1.82) is 0 Å². The Morgan fingerprint density at radius 1 is 1.19 bits per heavy atom. The molecule has 0 aromatic heterocycles. The van der Waals surface area contributed by atoms with Crippen LogP contribution in [-0.2, 0) is 4.79 Å². The van der Waals surface area contributed by atoms with Crippen molar-refractivity contribution in [2.24, 2.45) is 4.99 Å². The summed E-state index contributed by atoms with van der Waals surface area (Å²) >= 11 is 1.26. The Labute approximate surface area is 185 Å². The number of carboxylic acids is 1. The molecule has 1 N–H and O–H groups in total. The Morgan fingerprint density at radius 3 is 2.58 bits per heavy atom. The van der Waals surface area contributed by atoms with Crippen molar-refractivity contribution in [3.05, 3.63) is 58.5 Å². The maximum atomic E-state index is 12.7. The van der Waals surface area contributed by atoms with Crippen molar-refractivity contribution in [2.75, 3.05) is 20.8 Å². The van der Waals surface area contributed by atoms with Gasteiger partial charge in [-0.25, -0.2) is 9.79 Å². The molecular weight excluding hydrogens is 416 g/mol. The first-order valence-corrected chi connectivity index (χ1v) is 10.6. The Balaban J connectivity index is 1.80. The van der Waals surface area contributed by atoms with Gasteiger partial charge >= 0.3 is 5.97 Å². The van der Waals surface area contributed by atoms with Gasteiger partial charge in [-0.1, -0.05) is 19.4 Å². The second kappa shape index (κ2) is 10.2. The van der Waals surface area contributed by atoms with Crippen molar-refractivity contribution in [3.63, 3.8) is 0 Å². The van der Waals surface area contributed by atoms with E-state index >= 15 is 0 Å². The molecule has 1 aliphatic rings. The minimum absolute atomic E-state index is 0.159. The van der Waals surface area contributed by atoms with E-state index in [9.17, 15) is 9.59 Å². The Morgan fingerprint density at radius 2 is 1.94 bits per heavy atom. The van der Waals surface area contributed by atoms with Gasteiger partial charge in [0.1, 0.15) is 0 Å². The number of aliphatic imine (C=N–C) groups is 1. The number of likely N-dealkylation sites (N-methyl/N-ethyl adjacent to an activating group) is 1. The number of aromatic carboxylic acids is 1. The molecule has 1 aliphatic heterocycles. The van der Waals surface area contributed by atoms with Crippen LogP contribution in [0.3, 0.4) is 0 Å². The van der Waals surface area contributed by atoms with Crippen LogP contribution in [0.25, 0.3) is 6.08 Å². The van der Waals surface area contributed by atoms with Gasteiger partial charge in [-0.15, -0.1) is 0 Å². The Kier molecular flexibility index (Phi) is 7.36. The summed E-state index contributed by atoms with van der Waals surface area (Å²) in [7, 11) is 3.24. The van der Waals surface area contributed by atoms with Crippen LogP contribution < -0.4 is 9.47 Å². The number of hydrogen-bond acceptors (Lipinski definition) is 6. The lowest BCUT2D eigenvalue weighted by Crippen LogP contribution is -2.23. The average Bonchev–Trinajstić information content (AvgIpc) is 3.02. The molecule has 0 radical (unpaired) electrons. The van der Waals surface area contributed by atoms with E-state index in [4.69, 9.17) is 14.6 Å². The predicted octanol–water partition coefficient (Wildman–Crippen LogP) is 4.81.